The molecule has 6 heteroatoms. The van der Waals surface area contributed by atoms with E-state index in [0.29, 0.717) is 18.0 Å². The van der Waals surface area contributed by atoms with Gasteiger partial charge in [-0.15, -0.1) is 10.2 Å². The molecule has 0 N–H and O–H groups in total. The second-order valence-electron chi connectivity index (χ2n) is 6.58. The Morgan fingerprint density at radius 1 is 1.38 bits per heavy atom. The second-order valence-corrected chi connectivity index (χ2v) is 6.58. The number of carbonyl (C=O) groups is 1. The molecule has 1 amide bonds. The molecule has 1 aliphatic rings. The van der Waals surface area contributed by atoms with Gasteiger partial charge in [-0.05, 0) is 25.5 Å². The smallest absolute Gasteiger partial charge is 0.254 e. The van der Waals surface area contributed by atoms with Crippen molar-refractivity contribution in [2.75, 3.05) is 20.2 Å². The lowest BCUT2D eigenvalue weighted by molar-refractivity contribution is 0.0786. The van der Waals surface area contributed by atoms with E-state index in [1.165, 1.54) is 0 Å². The first-order chi connectivity index (χ1) is 11.5. The molecular formula is C18H24N4O2. The lowest BCUT2D eigenvalue weighted by Gasteiger charge is -2.20. The van der Waals surface area contributed by atoms with Crippen LogP contribution in [-0.2, 0) is 0 Å². The number of likely N-dealkylation sites (tertiary alicyclic amines) is 1. The van der Waals surface area contributed by atoms with Crippen molar-refractivity contribution in [2.45, 2.75) is 39.2 Å². The van der Waals surface area contributed by atoms with Gasteiger partial charge >= 0.3 is 0 Å². The van der Waals surface area contributed by atoms with Crippen molar-refractivity contribution in [3.05, 3.63) is 41.5 Å². The fourth-order valence-corrected chi connectivity index (χ4v) is 3.34. The van der Waals surface area contributed by atoms with Crippen LogP contribution in [0, 0.1) is 6.92 Å². The van der Waals surface area contributed by atoms with Crippen LogP contribution in [0.2, 0.25) is 0 Å². The molecule has 0 saturated carbocycles. The predicted molar refractivity (Wildman–Crippen MR) is 91.4 cm³/mol. The highest BCUT2D eigenvalue weighted by Crippen LogP contribution is 2.28. The van der Waals surface area contributed by atoms with Crippen LogP contribution in [0.4, 0.5) is 0 Å². The van der Waals surface area contributed by atoms with Gasteiger partial charge in [-0.2, -0.15) is 0 Å². The van der Waals surface area contributed by atoms with Crippen LogP contribution in [0.5, 0.6) is 5.75 Å². The zero-order valence-corrected chi connectivity index (χ0v) is 14.7. The fourth-order valence-electron chi connectivity index (χ4n) is 3.34. The summed E-state index contributed by atoms with van der Waals surface area (Å²) in [6.45, 7) is 7.58. The van der Waals surface area contributed by atoms with E-state index in [0.717, 1.165) is 30.1 Å². The number of nitrogens with zero attached hydrogens (tertiary/aromatic N) is 4. The first kappa shape index (κ1) is 16.5. The van der Waals surface area contributed by atoms with E-state index in [9.17, 15) is 4.79 Å². The quantitative estimate of drug-likeness (QED) is 0.866. The molecule has 0 radical (unpaired) electrons. The summed E-state index contributed by atoms with van der Waals surface area (Å²) in [6, 6.07) is 5.85. The number of hydrogen-bond donors (Lipinski definition) is 0. The highest BCUT2D eigenvalue weighted by Gasteiger charge is 2.30. The summed E-state index contributed by atoms with van der Waals surface area (Å²) in [5, 5.41) is 8.26. The summed E-state index contributed by atoms with van der Waals surface area (Å²) in [5.74, 6) is 2.11. The standard InChI is InChI=1S/C18H24N4O2/c1-12(2)17-20-19-11-22(17)14-8-9-21(10-14)18(23)15-6-5-7-16(24-4)13(15)3/h5-7,11-12,14H,8-10H2,1-4H3. The molecule has 24 heavy (non-hydrogen) atoms. The Balaban J connectivity index is 1.78. The molecule has 1 fully saturated rings. The van der Waals surface area contributed by atoms with Gasteiger partial charge in [-0.3, -0.25) is 4.79 Å². The predicted octanol–water partition coefficient (Wildman–Crippen LogP) is 2.81. The zero-order chi connectivity index (χ0) is 17.3. The summed E-state index contributed by atoms with van der Waals surface area (Å²) in [5.41, 5.74) is 1.60. The van der Waals surface area contributed by atoms with Crippen LogP contribution in [0.15, 0.2) is 24.5 Å². The highest BCUT2D eigenvalue weighted by molar-refractivity contribution is 5.96. The highest BCUT2D eigenvalue weighted by atomic mass is 16.5. The molecule has 6 nitrogen and oxygen atoms in total. The Kier molecular flexibility index (Phi) is 4.55. The molecule has 0 bridgehead atoms. The largest absolute Gasteiger partial charge is 0.496 e. The molecular weight excluding hydrogens is 304 g/mol. The minimum atomic E-state index is 0.0630. The summed E-state index contributed by atoms with van der Waals surface area (Å²) >= 11 is 0. The van der Waals surface area contributed by atoms with E-state index in [2.05, 4.69) is 28.6 Å². The van der Waals surface area contributed by atoms with Crippen LogP contribution in [-0.4, -0.2) is 45.8 Å². The Labute approximate surface area is 142 Å². The second kappa shape index (κ2) is 6.63. The maximum absolute atomic E-state index is 12.9. The molecule has 1 atom stereocenters. The van der Waals surface area contributed by atoms with Gasteiger partial charge in [0.15, 0.2) is 0 Å². The number of methoxy groups -OCH3 is 1. The average Bonchev–Trinajstić information content (AvgIpc) is 3.23. The van der Waals surface area contributed by atoms with E-state index < -0.39 is 0 Å². The zero-order valence-electron chi connectivity index (χ0n) is 14.7. The molecule has 1 saturated heterocycles. The number of ether oxygens (including phenoxy) is 1. The lowest BCUT2D eigenvalue weighted by Crippen LogP contribution is -2.30. The maximum atomic E-state index is 12.9. The van der Waals surface area contributed by atoms with Gasteiger partial charge in [0.1, 0.15) is 17.9 Å². The van der Waals surface area contributed by atoms with Crippen LogP contribution in [0.3, 0.4) is 0 Å². The number of aromatic nitrogens is 3. The Bertz CT molecular complexity index is 738. The molecule has 2 aromatic rings. The molecule has 1 aromatic heterocycles. The fraction of sp³-hybridized carbons (Fsp3) is 0.500. The van der Waals surface area contributed by atoms with Gasteiger partial charge in [-0.1, -0.05) is 19.9 Å². The van der Waals surface area contributed by atoms with Gasteiger partial charge in [0.25, 0.3) is 5.91 Å². The first-order valence-corrected chi connectivity index (χ1v) is 8.35. The molecule has 3 rings (SSSR count). The van der Waals surface area contributed by atoms with E-state index in [1.807, 2.05) is 30.0 Å². The van der Waals surface area contributed by atoms with Crippen molar-refractivity contribution in [2.24, 2.45) is 0 Å². The van der Waals surface area contributed by atoms with Crippen molar-refractivity contribution < 1.29 is 9.53 Å². The summed E-state index contributed by atoms with van der Waals surface area (Å²) in [7, 11) is 1.63. The van der Waals surface area contributed by atoms with Gasteiger partial charge < -0.3 is 14.2 Å². The lowest BCUT2D eigenvalue weighted by atomic mass is 10.1. The molecule has 2 heterocycles. The Hall–Kier alpha value is -2.37. The number of benzene rings is 1. The van der Waals surface area contributed by atoms with Gasteiger partial charge in [0, 0.05) is 30.1 Å². The molecule has 1 unspecified atom stereocenters. The van der Waals surface area contributed by atoms with E-state index in [4.69, 9.17) is 4.74 Å². The number of rotatable bonds is 4. The normalized spacial score (nSPS) is 17.5. The Morgan fingerprint density at radius 3 is 2.88 bits per heavy atom. The van der Waals surface area contributed by atoms with Gasteiger partial charge in [0.05, 0.1) is 13.2 Å². The van der Waals surface area contributed by atoms with Crippen molar-refractivity contribution in [3.63, 3.8) is 0 Å². The molecule has 128 valence electrons. The van der Waals surface area contributed by atoms with Crippen molar-refractivity contribution >= 4 is 5.91 Å². The first-order valence-electron chi connectivity index (χ1n) is 8.35. The third-order valence-electron chi connectivity index (χ3n) is 4.70. The maximum Gasteiger partial charge on any atom is 0.254 e. The van der Waals surface area contributed by atoms with Gasteiger partial charge in [0.2, 0.25) is 0 Å². The molecule has 1 aromatic carbocycles. The van der Waals surface area contributed by atoms with Crippen LogP contribution < -0.4 is 4.74 Å². The van der Waals surface area contributed by atoms with E-state index in [1.54, 1.807) is 13.4 Å². The third kappa shape index (κ3) is 2.88. The third-order valence-corrected chi connectivity index (χ3v) is 4.70. The number of hydrogen-bond acceptors (Lipinski definition) is 4. The van der Waals surface area contributed by atoms with Crippen molar-refractivity contribution in [1.82, 2.24) is 19.7 Å². The monoisotopic (exact) mass is 328 g/mol. The van der Waals surface area contributed by atoms with Crippen LogP contribution >= 0.6 is 0 Å². The number of carbonyl (C=O) groups excluding carboxylic acids is 1. The summed E-state index contributed by atoms with van der Waals surface area (Å²) < 4.78 is 7.45. The van der Waals surface area contributed by atoms with E-state index >= 15 is 0 Å². The van der Waals surface area contributed by atoms with Crippen molar-refractivity contribution in [1.29, 1.82) is 0 Å². The average molecular weight is 328 g/mol. The minimum Gasteiger partial charge on any atom is -0.496 e. The van der Waals surface area contributed by atoms with Gasteiger partial charge in [-0.25, -0.2) is 0 Å². The Morgan fingerprint density at radius 2 is 2.17 bits per heavy atom. The minimum absolute atomic E-state index is 0.0630. The molecule has 0 spiro atoms. The topological polar surface area (TPSA) is 60.2 Å². The summed E-state index contributed by atoms with van der Waals surface area (Å²) in [6.07, 6.45) is 2.71. The molecule has 0 aliphatic carbocycles. The summed E-state index contributed by atoms with van der Waals surface area (Å²) in [4.78, 5) is 14.8. The van der Waals surface area contributed by atoms with Crippen molar-refractivity contribution in [3.8, 4) is 5.75 Å². The number of amides is 1. The molecule has 1 aliphatic heterocycles. The van der Waals surface area contributed by atoms with Crippen LogP contribution in [0.25, 0.3) is 0 Å². The SMILES string of the molecule is COc1cccc(C(=O)N2CCC(n3cnnc3C(C)C)C2)c1C. The van der Waals surface area contributed by atoms with Crippen LogP contribution in [0.1, 0.15) is 54.0 Å². The van der Waals surface area contributed by atoms with E-state index in [-0.39, 0.29) is 11.9 Å².